The van der Waals surface area contributed by atoms with Gasteiger partial charge in [0.2, 0.25) is 0 Å². The first-order chi connectivity index (χ1) is 8.58. The van der Waals surface area contributed by atoms with Crippen LogP contribution in [0.2, 0.25) is 0 Å². The summed E-state index contributed by atoms with van der Waals surface area (Å²) >= 11 is 0. The van der Waals surface area contributed by atoms with Gasteiger partial charge in [-0.05, 0) is 30.5 Å². The number of nitrogens with one attached hydrogen (secondary N) is 1. The first-order valence-corrected chi connectivity index (χ1v) is 5.80. The molecule has 0 spiro atoms. The molecule has 1 aliphatic rings. The van der Waals surface area contributed by atoms with Crippen LogP contribution in [0.15, 0.2) is 23.0 Å². The number of fused-ring (bicyclic) bond motifs is 1. The summed E-state index contributed by atoms with van der Waals surface area (Å²) in [4.78, 5) is 25.4. The van der Waals surface area contributed by atoms with Gasteiger partial charge in [-0.25, -0.2) is 4.79 Å². The number of nitrogens with zero attached hydrogens (tertiary/aromatic N) is 1. The number of H-pyrrole nitrogens is 1. The van der Waals surface area contributed by atoms with Crippen LogP contribution >= 0.6 is 0 Å². The monoisotopic (exact) mass is 247 g/mol. The van der Waals surface area contributed by atoms with Crippen molar-refractivity contribution < 1.29 is 9.90 Å². The molecule has 1 saturated carbocycles. The van der Waals surface area contributed by atoms with Gasteiger partial charge in [-0.2, -0.15) is 0 Å². The smallest absolute Gasteiger partial charge is 0.326 e. The van der Waals surface area contributed by atoms with Crippen LogP contribution in [0.4, 0.5) is 0 Å². The normalized spacial score (nSPS) is 16.9. The van der Waals surface area contributed by atoms with Gasteiger partial charge in [0.1, 0.15) is 6.04 Å². The number of hydrogen-bond acceptors (Lipinski definition) is 3. The van der Waals surface area contributed by atoms with Crippen LogP contribution < -0.4 is 11.4 Å². The highest BCUT2D eigenvalue weighted by Gasteiger charge is 2.27. The predicted molar refractivity (Wildman–Crippen MR) is 65.4 cm³/mol. The van der Waals surface area contributed by atoms with Crippen LogP contribution in [0, 0.1) is 0 Å². The summed E-state index contributed by atoms with van der Waals surface area (Å²) in [7, 11) is 0. The largest absolute Gasteiger partial charge is 0.480 e. The van der Waals surface area contributed by atoms with Crippen molar-refractivity contribution in [3.05, 3.63) is 34.2 Å². The topological polar surface area (TPSA) is 101 Å². The van der Waals surface area contributed by atoms with Gasteiger partial charge in [-0.15, -0.1) is 0 Å². The highest BCUT2D eigenvalue weighted by molar-refractivity contribution is 5.80. The second kappa shape index (κ2) is 3.71. The second-order valence-electron chi connectivity index (χ2n) is 4.62. The van der Waals surface area contributed by atoms with E-state index in [1.165, 1.54) is 0 Å². The van der Waals surface area contributed by atoms with Crippen molar-refractivity contribution in [3.8, 4) is 0 Å². The molecule has 1 heterocycles. The molecule has 3 rings (SSSR count). The van der Waals surface area contributed by atoms with Crippen LogP contribution in [0.1, 0.15) is 30.5 Å². The molecule has 0 bridgehead atoms. The quantitative estimate of drug-likeness (QED) is 0.744. The van der Waals surface area contributed by atoms with Gasteiger partial charge in [0, 0.05) is 6.04 Å². The van der Waals surface area contributed by atoms with E-state index in [1.54, 1.807) is 22.8 Å². The zero-order chi connectivity index (χ0) is 12.9. The Balaban J connectivity index is 2.14. The highest BCUT2D eigenvalue weighted by atomic mass is 16.4. The van der Waals surface area contributed by atoms with Crippen molar-refractivity contribution in [1.82, 2.24) is 9.55 Å². The van der Waals surface area contributed by atoms with Crippen molar-refractivity contribution >= 4 is 17.0 Å². The fraction of sp³-hybridized carbons (Fsp3) is 0.333. The Morgan fingerprint density at radius 2 is 2.22 bits per heavy atom. The Bertz CT molecular complexity index is 681. The molecule has 2 aromatic rings. The van der Waals surface area contributed by atoms with E-state index in [0.29, 0.717) is 11.1 Å². The molecule has 18 heavy (non-hydrogen) atoms. The Morgan fingerprint density at radius 3 is 2.83 bits per heavy atom. The summed E-state index contributed by atoms with van der Waals surface area (Å²) in [6.45, 7) is 0. The van der Waals surface area contributed by atoms with Crippen molar-refractivity contribution in [2.24, 2.45) is 5.73 Å². The lowest BCUT2D eigenvalue weighted by Crippen LogP contribution is -2.20. The lowest BCUT2D eigenvalue weighted by molar-refractivity contribution is -0.138. The summed E-state index contributed by atoms with van der Waals surface area (Å²) in [6.07, 6.45) is 2.03. The fourth-order valence-electron chi connectivity index (χ4n) is 2.18. The lowest BCUT2D eigenvalue weighted by Gasteiger charge is -2.07. The molecule has 1 unspecified atom stereocenters. The number of aliphatic carboxylic acids is 1. The number of imidazole rings is 1. The van der Waals surface area contributed by atoms with Crippen LogP contribution in [0.5, 0.6) is 0 Å². The van der Waals surface area contributed by atoms with Gasteiger partial charge >= 0.3 is 11.7 Å². The number of carboxylic acids is 1. The Morgan fingerprint density at radius 1 is 1.50 bits per heavy atom. The third-order valence-corrected chi connectivity index (χ3v) is 3.28. The van der Waals surface area contributed by atoms with Crippen LogP contribution in [0.25, 0.3) is 11.0 Å². The molecule has 94 valence electrons. The van der Waals surface area contributed by atoms with E-state index in [2.05, 4.69) is 4.98 Å². The minimum absolute atomic E-state index is 0.145. The highest BCUT2D eigenvalue weighted by Crippen LogP contribution is 2.35. The Labute approximate surface area is 102 Å². The number of carbonyl (C=O) groups is 1. The number of aromatic nitrogens is 2. The van der Waals surface area contributed by atoms with E-state index < -0.39 is 12.0 Å². The number of nitrogens with two attached hydrogens (primary N) is 1. The van der Waals surface area contributed by atoms with E-state index in [-0.39, 0.29) is 11.7 Å². The number of benzene rings is 1. The van der Waals surface area contributed by atoms with Gasteiger partial charge in [-0.1, -0.05) is 6.07 Å². The number of hydrogen-bond donors (Lipinski definition) is 3. The number of carboxylic acid groups (broad SMARTS) is 1. The van der Waals surface area contributed by atoms with E-state index in [0.717, 1.165) is 18.4 Å². The van der Waals surface area contributed by atoms with E-state index in [9.17, 15) is 9.59 Å². The molecule has 1 aliphatic carbocycles. The van der Waals surface area contributed by atoms with Crippen molar-refractivity contribution in [2.45, 2.75) is 24.9 Å². The summed E-state index contributed by atoms with van der Waals surface area (Å²) in [5, 5.41) is 8.86. The van der Waals surface area contributed by atoms with Gasteiger partial charge in [0.05, 0.1) is 11.0 Å². The van der Waals surface area contributed by atoms with Crippen molar-refractivity contribution in [1.29, 1.82) is 0 Å². The maximum absolute atomic E-state index is 11.8. The number of aromatic amines is 1. The molecular formula is C12H13N3O3. The van der Waals surface area contributed by atoms with E-state index in [4.69, 9.17) is 10.8 Å². The van der Waals surface area contributed by atoms with Crippen LogP contribution in [0.3, 0.4) is 0 Å². The standard InChI is InChI=1S/C12H13N3O3/c13-10(11(16)17)6-1-4-9-8(5-6)14-12(18)15(9)7-2-3-7/h1,4-5,7,10H,2-3,13H2,(H,14,18)(H,16,17). The van der Waals surface area contributed by atoms with E-state index in [1.807, 2.05) is 0 Å². The Hall–Kier alpha value is -2.08. The molecule has 0 saturated heterocycles. The van der Waals surface area contributed by atoms with Crippen molar-refractivity contribution in [2.75, 3.05) is 0 Å². The summed E-state index contributed by atoms with van der Waals surface area (Å²) in [6, 6.07) is 4.26. The molecule has 1 fully saturated rings. The average Bonchev–Trinajstić information content (AvgIpc) is 3.10. The summed E-state index contributed by atoms with van der Waals surface area (Å²) in [5.41, 5.74) is 7.34. The predicted octanol–water partition coefficient (Wildman–Crippen LogP) is 0.749. The first-order valence-electron chi connectivity index (χ1n) is 5.80. The molecule has 0 aliphatic heterocycles. The average molecular weight is 247 g/mol. The van der Waals surface area contributed by atoms with Crippen LogP contribution in [-0.4, -0.2) is 20.6 Å². The third kappa shape index (κ3) is 1.62. The summed E-state index contributed by atoms with van der Waals surface area (Å²) < 4.78 is 1.73. The molecule has 4 N–H and O–H groups in total. The minimum Gasteiger partial charge on any atom is -0.480 e. The molecule has 0 radical (unpaired) electrons. The molecule has 6 nitrogen and oxygen atoms in total. The SMILES string of the molecule is NC(C(=O)O)c1ccc2c(c1)[nH]c(=O)n2C1CC1. The first kappa shape index (κ1) is 11.0. The molecule has 0 amide bonds. The van der Waals surface area contributed by atoms with Gasteiger partial charge in [-0.3, -0.25) is 9.36 Å². The zero-order valence-electron chi connectivity index (χ0n) is 9.59. The second-order valence-corrected chi connectivity index (χ2v) is 4.62. The molecule has 1 aromatic heterocycles. The van der Waals surface area contributed by atoms with Gasteiger partial charge < -0.3 is 15.8 Å². The minimum atomic E-state index is -1.08. The molecule has 1 aromatic carbocycles. The zero-order valence-corrected chi connectivity index (χ0v) is 9.59. The number of rotatable bonds is 3. The van der Waals surface area contributed by atoms with Gasteiger partial charge in [0.25, 0.3) is 0 Å². The third-order valence-electron chi connectivity index (χ3n) is 3.28. The van der Waals surface area contributed by atoms with Crippen molar-refractivity contribution in [3.63, 3.8) is 0 Å². The maximum Gasteiger partial charge on any atom is 0.326 e. The van der Waals surface area contributed by atoms with E-state index >= 15 is 0 Å². The lowest BCUT2D eigenvalue weighted by atomic mass is 10.1. The van der Waals surface area contributed by atoms with Crippen LogP contribution in [-0.2, 0) is 4.79 Å². The maximum atomic E-state index is 11.8. The molecule has 6 heteroatoms. The summed E-state index contributed by atoms with van der Waals surface area (Å²) in [5.74, 6) is -1.08. The Kier molecular flexibility index (Phi) is 2.27. The molecule has 1 atom stereocenters. The van der Waals surface area contributed by atoms with Gasteiger partial charge in [0.15, 0.2) is 0 Å². The fourth-order valence-corrected chi connectivity index (χ4v) is 2.18. The molecular weight excluding hydrogens is 234 g/mol.